The Labute approximate surface area is 187 Å². The standard InChI is InChI=1S/C23H20F3N5O2/c1-2-19(32)31-11-17(21(27)33)18(12-31)28-22-16-6-4-3-5-15(16)20(29-30-22)13-7-9-14(10-8-13)23(24,25)26/h2-10,17-18H,1,11-12H2,(H2,27,33)(H,28,30)/t17-,18-/m0/s1. The minimum Gasteiger partial charge on any atom is -0.369 e. The lowest BCUT2D eigenvalue weighted by atomic mass is 10.0. The van der Waals surface area contributed by atoms with Gasteiger partial charge in [-0.25, -0.2) is 0 Å². The zero-order valence-electron chi connectivity index (χ0n) is 17.3. The van der Waals surface area contributed by atoms with Gasteiger partial charge in [0.1, 0.15) is 5.69 Å². The van der Waals surface area contributed by atoms with Crippen LogP contribution in [-0.2, 0) is 15.8 Å². The molecule has 0 radical (unpaired) electrons. The van der Waals surface area contributed by atoms with Gasteiger partial charge in [-0.3, -0.25) is 9.59 Å². The van der Waals surface area contributed by atoms with E-state index in [0.717, 1.165) is 12.1 Å². The van der Waals surface area contributed by atoms with E-state index < -0.39 is 29.6 Å². The number of aromatic nitrogens is 2. The molecule has 2 amide bonds. The number of nitrogens with one attached hydrogen (secondary N) is 1. The van der Waals surface area contributed by atoms with Crippen LogP contribution in [0.1, 0.15) is 5.56 Å². The third-order valence-corrected chi connectivity index (χ3v) is 5.67. The van der Waals surface area contributed by atoms with Gasteiger partial charge < -0.3 is 16.0 Å². The minimum absolute atomic E-state index is 0.160. The average Bonchev–Trinajstić information content (AvgIpc) is 3.22. The van der Waals surface area contributed by atoms with Crippen molar-refractivity contribution in [1.29, 1.82) is 0 Å². The van der Waals surface area contributed by atoms with Gasteiger partial charge in [0.2, 0.25) is 11.8 Å². The minimum atomic E-state index is -4.43. The van der Waals surface area contributed by atoms with Crippen LogP contribution in [0.4, 0.5) is 19.0 Å². The lowest BCUT2D eigenvalue weighted by Crippen LogP contribution is -2.37. The quantitative estimate of drug-likeness (QED) is 0.576. The van der Waals surface area contributed by atoms with Gasteiger partial charge in [-0.2, -0.15) is 13.2 Å². The molecule has 2 atom stereocenters. The number of nitrogens with zero attached hydrogens (tertiary/aromatic N) is 3. The summed E-state index contributed by atoms with van der Waals surface area (Å²) in [6, 6.07) is 11.4. The summed E-state index contributed by atoms with van der Waals surface area (Å²) in [5.41, 5.74) is 5.70. The number of carbonyl (C=O) groups excluding carboxylic acids is 2. The fraction of sp³-hybridized carbons (Fsp3) is 0.217. The molecule has 33 heavy (non-hydrogen) atoms. The number of halogens is 3. The molecule has 1 aliphatic heterocycles. The van der Waals surface area contributed by atoms with Gasteiger partial charge in [-0.15, -0.1) is 10.2 Å². The van der Waals surface area contributed by atoms with Crippen molar-refractivity contribution in [2.75, 3.05) is 18.4 Å². The fourth-order valence-electron chi connectivity index (χ4n) is 3.96. The molecule has 0 unspecified atom stereocenters. The highest BCUT2D eigenvalue weighted by atomic mass is 19.4. The summed E-state index contributed by atoms with van der Waals surface area (Å²) in [7, 11) is 0. The Morgan fingerprint density at radius 3 is 2.33 bits per heavy atom. The van der Waals surface area contributed by atoms with E-state index in [-0.39, 0.29) is 19.0 Å². The van der Waals surface area contributed by atoms with Gasteiger partial charge in [0.05, 0.1) is 17.5 Å². The van der Waals surface area contributed by atoms with Crippen LogP contribution in [0.15, 0.2) is 61.2 Å². The second-order valence-electron chi connectivity index (χ2n) is 7.72. The maximum atomic E-state index is 12.9. The number of fused-ring (bicyclic) bond motifs is 1. The molecule has 1 aromatic heterocycles. The third-order valence-electron chi connectivity index (χ3n) is 5.67. The number of hydrogen-bond acceptors (Lipinski definition) is 5. The summed E-state index contributed by atoms with van der Waals surface area (Å²) >= 11 is 0. The molecule has 3 aromatic rings. The Kier molecular flexibility index (Phi) is 5.75. The Morgan fingerprint density at radius 2 is 1.73 bits per heavy atom. The first-order valence-electron chi connectivity index (χ1n) is 10.1. The topological polar surface area (TPSA) is 101 Å². The first-order chi connectivity index (χ1) is 15.7. The number of rotatable bonds is 5. The summed E-state index contributed by atoms with van der Waals surface area (Å²) in [5.74, 6) is -1.11. The third kappa shape index (κ3) is 4.36. The molecular formula is C23H20F3N5O2. The highest BCUT2D eigenvalue weighted by Crippen LogP contribution is 2.34. The lowest BCUT2D eigenvalue weighted by molar-refractivity contribution is -0.137. The maximum Gasteiger partial charge on any atom is 0.416 e. The predicted molar refractivity (Wildman–Crippen MR) is 117 cm³/mol. The van der Waals surface area contributed by atoms with Crippen LogP contribution in [0.5, 0.6) is 0 Å². The van der Waals surface area contributed by atoms with Crippen molar-refractivity contribution >= 4 is 28.4 Å². The molecule has 0 saturated carbocycles. The van der Waals surface area contributed by atoms with Crippen LogP contribution >= 0.6 is 0 Å². The highest BCUT2D eigenvalue weighted by molar-refractivity contribution is 6.00. The number of hydrogen-bond donors (Lipinski definition) is 2. The molecule has 7 nitrogen and oxygen atoms in total. The van der Waals surface area contributed by atoms with Crippen molar-refractivity contribution in [3.05, 3.63) is 66.7 Å². The van der Waals surface area contributed by atoms with Gasteiger partial charge in [-0.05, 0) is 18.2 Å². The molecule has 0 spiro atoms. The van der Waals surface area contributed by atoms with Crippen molar-refractivity contribution < 1.29 is 22.8 Å². The Hall–Kier alpha value is -3.95. The van der Waals surface area contributed by atoms with Crippen molar-refractivity contribution in [3.63, 3.8) is 0 Å². The van der Waals surface area contributed by atoms with Crippen molar-refractivity contribution in [2.45, 2.75) is 12.2 Å². The smallest absolute Gasteiger partial charge is 0.369 e. The Morgan fingerprint density at radius 1 is 1.06 bits per heavy atom. The zero-order chi connectivity index (χ0) is 23.8. The van der Waals surface area contributed by atoms with Crippen LogP contribution in [-0.4, -0.2) is 46.0 Å². The number of carbonyl (C=O) groups is 2. The molecule has 0 bridgehead atoms. The summed E-state index contributed by atoms with van der Waals surface area (Å²) in [4.78, 5) is 25.4. The first-order valence-corrected chi connectivity index (χ1v) is 10.1. The van der Waals surface area contributed by atoms with E-state index in [1.165, 1.54) is 23.1 Å². The molecular weight excluding hydrogens is 435 g/mol. The van der Waals surface area contributed by atoms with E-state index in [2.05, 4.69) is 22.1 Å². The molecule has 3 N–H and O–H groups in total. The molecule has 10 heteroatoms. The highest BCUT2D eigenvalue weighted by Gasteiger charge is 2.38. The van der Waals surface area contributed by atoms with Gasteiger partial charge in [0, 0.05) is 29.4 Å². The first kappa shape index (κ1) is 22.3. The summed E-state index contributed by atoms with van der Waals surface area (Å²) in [5, 5.41) is 13.0. The molecule has 1 saturated heterocycles. The summed E-state index contributed by atoms with van der Waals surface area (Å²) in [6.07, 6.45) is -3.26. The monoisotopic (exact) mass is 455 g/mol. The van der Waals surface area contributed by atoms with Crippen molar-refractivity contribution in [1.82, 2.24) is 15.1 Å². The maximum absolute atomic E-state index is 12.9. The van der Waals surface area contributed by atoms with Gasteiger partial charge in [0.15, 0.2) is 5.82 Å². The van der Waals surface area contributed by atoms with Crippen molar-refractivity contribution in [2.24, 2.45) is 11.7 Å². The predicted octanol–water partition coefficient (Wildman–Crippen LogP) is 3.23. The average molecular weight is 455 g/mol. The van der Waals surface area contributed by atoms with Crippen LogP contribution in [0.2, 0.25) is 0 Å². The number of benzene rings is 2. The fourth-order valence-corrected chi connectivity index (χ4v) is 3.96. The van der Waals surface area contributed by atoms with Gasteiger partial charge in [-0.1, -0.05) is 43.0 Å². The van der Waals surface area contributed by atoms with Crippen molar-refractivity contribution in [3.8, 4) is 11.3 Å². The number of nitrogens with two attached hydrogens (primary N) is 1. The molecule has 4 rings (SSSR count). The zero-order valence-corrected chi connectivity index (χ0v) is 17.3. The second-order valence-corrected chi connectivity index (χ2v) is 7.72. The number of anilines is 1. The van der Waals surface area contributed by atoms with E-state index in [4.69, 9.17) is 5.73 Å². The molecule has 1 fully saturated rings. The van der Waals surface area contributed by atoms with Gasteiger partial charge >= 0.3 is 6.18 Å². The largest absolute Gasteiger partial charge is 0.416 e. The van der Waals surface area contributed by atoms with Crippen LogP contribution in [0, 0.1) is 5.92 Å². The SMILES string of the molecule is C=CC(=O)N1C[C@H](Nc2nnc(-c3ccc(C(F)(F)F)cc3)c3ccccc23)[C@@H](C(N)=O)C1. The van der Waals surface area contributed by atoms with Crippen LogP contribution in [0.25, 0.3) is 22.0 Å². The van der Waals surface area contributed by atoms with Gasteiger partial charge in [0.25, 0.3) is 0 Å². The van der Waals surface area contributed by atoms with Crippen LogP contribution < -0.4 is 11.1 Å². The molecule has 2 heterocycles. The Bertz CT molecular complexity index is 1230. The summed E-state index contributed by atoms with van der Waals surface area (Å²) < 4.78 is 38.7. The number of likely N-dealkylation sites (tertiary alicyclic amines) is 1. The van der Waals surface area contributed by atoms with E-state index in [9.17, 15) is 22.8 Å². The lowest BCUT2D eigenvalue weighted by Gasteiger charge is -2.19. The number of amides is 2. The Balaban J connectivity index is 1.69. The summed E-state index contributed by atoms with van der Waals surface area (Å²) in [6.45, 7) is 3.86. The molecule has 2 aromatic carbocycles. The van der Waals surface area contributed by atoms with Crippen LogP contribution in [0.3, 0.4) is 0 Å². The number of primary amides is 1. The molecule has 1 aliphatic rings. The molecule has 0 aliphatic carbocycles. The second kappa shape index (κ2) is 8.53. The van der Waals surface area contributed by atoms with E-state index in [0.29, 0.717) is 27.8 Å². The molecule has 170 valence electrons. The van der Waals surface area contributed by atoms with E-state index in [1.54, 1.807) is 24.3 Å². The number of alkyl halides is 3. The normalized spacial score (nSPS) is 18.3. The van der Waals surface area contributed by atoms with E-state index >= 15 is 0 Å². The van der Waals surface area contributed by atoms with E-state index in [1.807, 2.05) is 0 Å².